The Morgan fingerprint density at radius 2 is 2.00 bits per heavy atom. The maximum atomic E-state index is 11.8. The number of nitrogens with zero attached hydrogens (tertiary/aromatic N) is 2. The number of hydrogen-bond acceptors (Lipinski definition) is 3. The number of carboxylic acid groups (broad SMARTS) is 1. The van der Waals surface area contributed by atoms with Crippen molar-refractivity contribution in [3.8, 4) is 0 Å². The highest BCUT2D eigenvalue weighted by molar-refractivity contribution is 5.76. The Morgan fingerprint density at radius 1 is 1.32 bits per heavy atom. The van der Waals surface area contributed by atoms with Crippen molar-refractivity contribution in [1.29, 1.82) is 0 Å². The molecule has 5 heteroatoms. The minimum absolute atomic E-state index is 0.228. The lowest BCUT2D eigenvalue weighted by Crippen LogP contribution is -2.31. The van der Waals surface area contributed by atoms with Gasteiger partial charge in [-0.3, -0.25) is 9.59 Å². The van der Waals surface area contributed by atoms with E-state index in [1.807, 2.05) is 18.7 Å². The van der Waals surface area contributed by atoms with Gasteiger partial charge in [-0.15, -0.1) is 0 Å². The molecule has 1 unspecified atom stereocenters. The first-order valence-electron chi connectivity index (χ1n) is 7.28. The number of amides is 1. The van der Waals surface area contributed by atoms with Crippen LogP contribution in [0.25, 0.3) is 0 Å². The van der Waals surface area contributed by atoms with Gasteiger partial charge in [0, 0.05) is 32.5 Å². The van der Waals surface area contributed by atoms with Crippen LogP contribution in [0.2, 0.25) is 0 Å². The molecule has 0 spiro atoms. The van der Waals surface area contributed by atoms with Crippen molar-refractivity contribution in [2.75, 3.05) is 32.7 Å². The molecule has 110 valence electrons. The summed E-state index contributed by atoms with van der Waals surface area (Å²) in [4.78, 5) is 26.6. The Morgan fingerprint density at radius 3 is 2.58 bits per heavy atom. The van der Waals surface area contributed by atoms with Crippen molar-refractivity contribution in [3.05, 3.63) is 0 Å². The molecule has 0 saturated carbocycles. The van der Waals surface area contributed by atoms with Gasteiger partial charge in [0.1, 0.15) is 0 Å². The molecule has 1 rings (SSSR count). The van der Waals surface area contributed by atoms with Crippen LogP contribution in [-0.4, -0.2) is 59.5 Å². The van der Waals surface area contributed by atoms with E-state index in [2.05, 4.69) is 4.90 Å². The molecule has 0 aliphatic carbocycles. The van der Waals surface area contributed by atoms with Gasteiger partial charge in [0.25, 0.3) is 0 Å². The summed E-state index contributed by atoms with van der Waals surface area (Å²) in [6, 6.07) is 0. The van der Waals surface area contributed by atoms with E-state index in [9.17, 15) is 9.59 Å². The standard InChI is InChI=1S/C14H26N2O3/c1-3-16(4-2)13(17)6-5-8-15-9-7-12(11-15)10-14(18)19/h12H,3-11H2,1-2H3,(H,18,19). The van der Waals surface area contributed by atoms with Crippen LogP contribution in [0.15, 0.2) is 0 Å². The van der Waals surface area contributed by atoms with Crippen LogP contribution < -0.4 is 0 Å². The van der Waals surface area contributed by atoms with E-state index in [-0.39, 0.29) is 18.2 Å². The molecule has 1 N–H and O–H groups in total. The van der Waals surface area contributed by atoms with Gasteiger partial charge in [0.05, 0.1) is 0 Å². The van der Waals surface area contributed by atoms with Crippen molar-refractivity contribution in [3.63, 3.8) is 0 Å². The second-order valence-corrected chi connectivity index (χ2v) is 5.22. The van der Waals surface area contributed by atoms with E-state index in [0.717, 1.165) is 45.6 Å². The number of carbonyl (C=O) groups excluding carboxylic acids is 1. The van der Waals surface area contributed by atoms with Gasteiger partial charge in [-0.05, 0) is 45.7 Å². The molecule has 1 aliphatic rings. The van der Waals surface area contributed by atoms with Crippen LogP contribution in [0.5, 0.6) is 0 Å². The molecule has 0 aromatic heterocycles. The predicted octanol–water partition coefficient (Wildman–Crippen LogP) is 1.43. The van der Waals surface area contributed by atoms with Gasteiger partial charge in [-0.25, -0.2) is 0 Å². The van der Waals surface area contributed by atoms with E-state index in [1.54, 1.807) is 0 Å². The van der Waals surface area contributed by atoms with Crippen LogP contribution >= 0.6 is 0 Å². The third kappa shape index (κ3) is 5.59. The first kappa shape index (κ1) is 16.0. The average Bonchev–Trinajstić information content (AvgIpc) is 2.77. The van der Waals surface area contributed by atoms with Gasteiger partial charge in [0.15, 0.2) is 0 Å². The zero-order valence-corrected chi connectivity index (χ0v) is 12.1. The van der Waals surface area contributed by atoms with Crippen molar-refractivity contribution in [2.45, 2.75) is 39.5 Å². The summed E-state index contributed by atoms with van der Waals surface area (Å²) in [5.74, 6) is -0.189. The number of hydrogen-bond donors (Lipinski definition) is 1. The molecule has 1 saturated heterocycles. The largest absolute Gasteiger partial charge is 0.481 e. The summed E-state index contributed by atoms with van der Waals surface area (Å²) < 4.78 is 0. The zero-order valence-electron chi connectivity index (χ0n) is 12.1. The van der Waals surface area contributed by atoms with Gasteiger partial charge >= 0.3 is 5.97 Å². The molecule has 0 bridgehead atoms. The second-order valence-electron chi connectivity index (χ2n) is 5.22. The SMILES string of the molecule is CCN(CC)C(=O)CCCN1CCC(CC(=O)O)C1. The van der Waals surface area contributed by atoms with E-state index < -0.39 is 5.97 Å². The quantitative estimate of drug-likeness (QED) is 0.725. The van der Waals surface area contributed by atoms with Crippen molar-refractivity contribution >= 4 is 11.9 Å². The zero-order chi connectivity index (χ0) is 14.3. The third-order valence-corrected chi connectivity index (χ3v) is 3.81. The molecule has 1 fully saturated rings. The van der Waals surface area contributed by atoms with Crippen molar-refractivity contribution in [2.24, 2.45) is 5.92 Å². The smallest absolute Gasteiger partial charge is 0.303 e. The molecule has 1 aliphatic heterocycles. The minimum Gasteiger partial charge on any atom is -0.481 e. The summed E-state index contributed by atoms with van der Waals surface area (Å²) in [5, 5.41) is 8.76. The summed E-state index contributed by atoms with van der Waals surface area (Å²) >= 11 is 0. The molecule has 1 atom stereocenters. The molecule has 0 aromatic rings. The Kier molecular flexibility index (Phi) is 6.84. The van der Waals surface area contributed by atoms with Crippen LogP contribution in [0.4, 0.5) is 0 Å². The highest BCUT2D eigenvalue weighted by Gasteiger charge is 2.24. The maximum Gasteiger partial charge on any atom is 0.303 e. The minimum atomic E-state index is -0.705. The van der Waals surface area contributed by atoms with Gasteiger partial charge < -0.3 is 14.9 Å². The van der Waals surface area contributed by atoms with Crippen LogP contribution in [0.1, 0.15) is 39.5 Å². The summed E-state index contributed by atoms with van der Waals surface area (Å²) in [6.45, 7) is 8.29. The van der Waals surface area contributed by atoms with Gasteiger partial charge in [0.2, 0.25) is 5.91 Å². The normalized spacial score (nSPS) is 19.6. The number of aliphatic carboxylic acids is 1. The van der Waals surface area contributed by atoms with Crippen LogP contribution in [0.3, 0.4) is 0 Å². The number of carboxylic acids is 1. The molecule has 0 radical (unpaired) electrons. The first-order valence-corrected chi connectivity index (χ1v) is 7.28. The Labute approximate surface area is 115 Å². The lowest BCUT2D eigenvalue weighted by molar-refractivity contribution is -0.138. The summed E-state index contributed by atoms with van der Waals surface area (Å²) in [6.07, 6.45) is 2.71. The Hall–Kier alpha value is -1.10. The molecular formula is C14H26N2O3. The van der Waals surface area contributed by atoms with Crippen molar-refractivity contribution in [1.82, 2.24) is 9.80 Å². The van der Waals surface area contributed by atoms with E-state index >= 15 is 0 Å². The number of likely N-dealkylation sites (tertiary alicyclic amines) is 1. The van der Waals surface area contributed by atoms with E-state index in [4.69, 9.17) is 5.11 Å². The van der Waals surface area contributed by atoms with Crippen LogP contribution in [0, 0.1) is 5.92 Å². The maximum absolute atomic E-state index is 11.8. The summed E-state index contributed by atoms with van der Waals surface area (Å²) in [5.41, 5.74) is 0. The lowest BCUT2D eigenvalue weighted by atomic mass is 10.1. The number of carbonyl (C=O) groups is 2. The van der Waals surface area contributed by atoms with Crippen LogP contribution in [-0.2, 0) is 9.59 Å². The van der Waals surface area contributed by atoms with Gasteiger partial charge in [-0.1, -0.05) is 0 Å². The fraction of sp³-hybridized carbons (Fsp3) is 0.857. The predicted molar refractivity (Wildman–Crippen MR) is 74.0 cm³/mol. The molecule has 5 nitrogen and oxygen atoms in total. The lowest BCUT2D eigenvalue weighted by Gasteiger charge is -2.20. The molecule has 1 heterocycles. The monoisotopic (exact) mass is 270 g/mol. The fourth-order valence-corrected chi connectivity index (χ4v) is 2.72. The van der Waals surface area contributed by atoms with E-state index in [0.29, 0.717) is 6.42 Å². The highest BCUT2D eigenvalue weighted by Crippen LogP contribution is 2.19. The van der Waals surface area contributed by atoms with Gasteiger partial charge in [-0.2, -0.15) is 0 Å². The summed E-state index contributed by atoms with van der Waals surface area (Å²) in [7, 11) is 0. The third-order valence-electron chi connectivity index (χ3n) is 3.81. The fourth-order valence-electron chi connectivity index (χ4n) is 2.72. The first-order chi connectivity index (χ1) is 9.06. The molecule has 1 amide bonds. The van der Waals surface area contributed by atoms with E-state index in [1.165, 1.54) is 0 Å². The topological polar surface area (TPSA) is 60.9 Å². The average molecular weight is 270 g/mol. The molecular weight excluding hydrogens is 244 g/mol. The second kappa shape index (κ2) is 8.15. The van der Waals surface area contributed by atoms with Crippen molar-refractivity contribution < 1.29 is 14.7 Å². The highest BCUT2D eigenvalue weighted by atomic mass is 16.4. The Balaban J connectivity index is 2.17. The molecule has 0 aromatic carbocycles. The number of rotatable bonds is 8. The molecule has 19 heavy (non-hydrogen) atoms. The Bertz CT molecular complexity index is 303.